The Kier molecular flexibility index (Phi) is 7.17. The van der Waals surface area contributed by atoms with Crippen molar-refractivity contribution in [2.24, 2.45) is 0 Å². The molecule has 0 heterocycles. The van der Waals surface area contributed by atoms with Crippen LogP contribution in [0.3, 0.4) is 0 Å². The summed E-state index contributed by atoms with van der Waals surface area (Å²) in [7, 11) is 0. The van der Waals surface area contributed by atoms with E-state index < -0.39 is 0 Å². The molecule has 5 nitrogen and oxygen atoms in total. The number of carbonyl (C=O) groups is 2. The van der Waals surface area contributed by atoms with Crippen LogP contribution in [0.4, 0.5) is 11.4 Å². The lowest BCUT2D eigenvalue weighted by molar-refractivity contribution is -0.119. The quantitative estimate of drug-likeness (QED) is 0.639. The zero-order valence-electron chi connectivity index (χ0n) is 12.2. The number of amides is 2. The Hall–Kier alpha value is -2.04. The van der Waals surface area contributed by atoms with Crippen LogP contribution in [0.5, 0.6) is 0 Å². The predicted molar refractivity (Wildman–Crippen MR) is 81.8 cm³/mol. The number of hydrogen-bond acceptors (Lipinski definition) is 3. The molecule has 0 unspecified atom stereocenters. The average Bonchev–Trinajstić information content (AvgIpc) is 2.41. The van der Waals surface area contributed by atoms with Crippen LogP contribution in [0.1, 0.15) is 33.1 Å². The Balaban J connectivity index is 2.33. The largest absolute Gasteiger partial charge is 0.376 e. The first-order valence-corrected chi connectivity index (χ1v) is 7.00. The molecule has 2 amide bonds. The molecule has 5 heteroatoms. The van der Waals surface area contributed by atoms with E-state index in [9.17, 15) is 9.59 Å². The number of anilines is 2. The molecule has 0 aromatic heterocycles. The highest BCUT2D eigenvalue weighted by atomic mass is 16.2. The van der Waals surface area contributed by atoms with Crippen molar-refractivity contribution in [2.45, 2.75) is 33.1 Å². The summed E-state index contributed by atoms with van der Waals surface area (Å²) < 4.78 is 0. The molecular formula is C15H23N3O2. The first-order valence-electron chi connectivity index (χ1n) is 7.00. The number of hydrogen-bond donors (Lipinski definition) is 3. The van der Waals surface area contributed by atoms with Crippen LogP contribution in [0.15, 0.2) is 24.3 Å². The Morgan fingerprint density at radius 2 is 1.90 bits per heavy atom. The summed E-state index contributed by atoms with van der Waals surface area (Å²) in [6.45, 7) is 4.55. The van der Waals surface area contributed by atoms with Crippen molar-refractivity contribution in [3.05, 3.63) is 24.3 Å². The molecule has 0 aliphatic heterocycles. The summed E-state index contributed by atoms with van der Waals surface area (Å²) in [6.07, 6.45) is 3.29. The highest BCUT2D eigenvalue weighted by Gasteiger charge is 2.01. The Morgan fingerprint density at radius 1 is 1.15 bits per heavy atom. The monoisotopic (exact) mass is 277 g/mol. The van der Waals surface area contributed by atoms with Crippen molar-refractivity contribution in [1.82, 2.24) is 5.32 Å². The van der Waals surface area contributed by atoms with E-state index >= 15 is 0 Å². The molecular weight excluding hydrogens is 254 g/mol. The number of nitrogens with one attached hydrogen (secondary N) is 3. The standard InChI is InChI=1S/C15H23N3O2/c1-3-4-5-9-16-15(20)11-17-13-7-6-8-14(10-13)18-12(2)19/h6-8,10,17H,3-5,9,11H2,1-2H3,(H,16,20)(H,18,19). The SMILES string of the molecule is CCCCCNC(=O)CNc1cccc(NC(C)=O)c1. The van der Waals surface area contributed by atoms with Gasteiger partial charge in [0.2, 0.25) is 11.8 Å². The van der Waals surface area contributed by atoms with E-state index in [-0.39, 0.29) is 18.4 Å². The number of unbranched alkanes of at least 4 members (excludes halogenated alkanes) is 2. The number of benzene rings is 1. The van der Waals surface area contributed by atoms with Crippen LogP contribution in [-0.2, 0) is 9.59 Å². The normalized spacial score (nSPS) is 9.90. The molecule has 1 aromatic carbocycles. The molecule has 0 saturated heterocycles. The van der Waals surface area contributed by atoms with Crippen LogP contribution < -0.4 is 16.0 Å². The fourth-order valence-electron chi connectivity index (χ4n) is 1.76. The van der Waals surface area contributed by atoms with E-state index in [1.807, 2.05) is 12.1 Å². The third-order valence-corrected chi connectivity index (χ3v) is 2.74. The molecule has 110 valence electrons. The molecule has 1 rings (SSSR count). The highest BCUT2D eigenvalue weighted by molar-refractivity contribution is 5.89. The molecule has 0 aliphatic carbocycles. The molecule has 3 N–H and O–H groups in total. The van der Waals surface area contributed by atoms with E-state index in [2.05, 4.69) is 22.9 Å². The van der Waals surface area contributed by atoms with Gasteiger partial charge in [0.15, 0.2) is 0 Å². The van der Waals surface area contributed by atoms with Crippen molar-refractivity contribution < 1.29 is 9.59 Å². The summed E-state index contributed by atoms with van der Waals surface area (Å²) in [6, 6.07) is 7.28. The summed E-state index contributed by atoms with van der Waals surface area (Å²) >= 11 is 0. The molecule has 1 aromatic rings. The second-order valence-corrected chi connectivity index (χ2v) is 4.67. The summed E-state index contributed by atoms with van der Waals surface area (Å²) in [5.41, 5.74) is 1.52. The fraction of sp³-hybridized carbons (Fsp3) is 0.467. The zero-order chi connectivity index (χ0) is 14.8. The minimum Gasteiger partial charge on any atom is -0.376 e. The zero-order valence-corrected chi connectivity index (χ0v) is 12.2. The van der Waals surface area contributed by atoms with Gasteiger partial charge < -0.3 is 16.0 Å². The van der Waals surface area contributed by atoms with Crippen LogP contribution in [0, 0.1) is 0 Å². The third kappa shape index (κ3) is 6.78. The molecule has 0 aliphatic rings. The molecule has 0 atom stereocenters. The van der Waals surface area contributed by atoms with Gasteiger partial charge in [0.05, 0.1) is 6.54 Å². The van der Waals surface area contributed by atoms with Crippen LogP contribution >= 0.6 is 0 Å². The summed E-state index contributed by atoms with van der Waals surface area (Å²) in [5.74, 6) is -0.137. The molecule has 0 saturated carbocycles. The topological polar surface area (TPSA) is 70.2 Å². The first-order chi connectivity index (χ1) is 9.61. The minimum atomic E-state index is -0.115. The fourth-order valence-corrected chi connectivity index (χ4v) is 1.76. The van der Waals surface area contributed by atoms with Crippen molar-refractivity contribution in [1.29, 1.82) is 0 Å². The second kappa shape index (κ2) is 8.96. The van der Waals surface area contributed by atoms with Crippen LogP contribution in [-0.4, -0.2) is 24.9 Å². The summed E-state index contributed by atoms with van der Waals surface area (Å²) in [5, 5.41) is 8.60. The maximum Gasteiger partial charge on any atom is 0.239 e. The lowest BCUT2D eigenvalue weighted by Crippen LogP contribution is -2.30. The van der Waals surface area contributed by atoms with Gasteiger partial charge >= 0.3 is 0 Å². The van der Waals surface area contributed by atoms with Gasteiger partial charge in [-0.1, -0.05) is 25.8 Å². The van der Waals surface area contributed by atoms with E-state index in [0.717, 1.165) is 31.5 Å². The van der Waals surface area contributed by atoms with Gasteiger partial charge in [0.1, 0.15) is 0 Å². The van der Waals surface area contributed by atoms with Gasteiger partial charge in [0.25, 0.3) is 0 Å². The van der Waals surface area contributed by atoms with E-state index in [4.69, 9.17) is 0 Å². The van der Waals surface area contributed by atoms with Crippen molar-refractivity contribution in [3.8, 4) is 0 Å². The van der Waals surface area contributed by atoms with Gasteiger partial charge in [-0.2, -0.15) is 0 Å². The first kappa shape index (κ1) is 16.0. The highest BCUT2D eigenvalue weighted by Crippen LogP contribution is 2.14. The second-order valence-electron chi connectivity index (χ2n) is 4.67. The van der Waals surface area contributed by atoms with E-state index in [1.165, 1.54) is 6.92 Å². The Morgan fingerprint density at radius 3 is 2.60 bits per heavy atom. The smallest absolute Gasteiger partial charge is 0.239 e. The lowest BCUT2D eigenvalue weighted by atomic mass is 10.2. The van der Waals surface area contributed by atoms with Crippen molar-refractivity contribution >= 4 is 23.2 Å². The third-order valence-electron chi connectivity index (χ3n) is 2.74. The molecule has 0 fully saturated rings. The number of rotatable bonds is 8. The van der Waals surface area contributed by atoms with Crippen molar-refractivity contribution in [2.75, 3.05) is 23.7 Å². The Bertz CT molecular complexity index is 446. The van der Waals surface area contributed by atoms with E-state index in [1.54, 1.807) is 12.1 Å². The van der Waals surface area contributed by atoms with Gasteiger partial charge in [0, 0.05) is 24.8 Å². The average molecular weight is 277 g/mol. The van der Waals surface area contributed by atoms with Gasteiger partial charge in [-0.25, -0.2) is 0 Å². The summed E-state index contributed by atoms with van der Waals surface area (Å²) in [4.78, 5) is 22.6. The van der Waals surface area contributed by atoms with E-state index in [0.29, 0.717) is 5.69 Å². The Labute approximate surface area is 120 Å². The van der Waals surface area contributed by atoms with Crippen LogP contribution in [0.2, 0.25) is 0 Å². The molecule has 0 bridgehead atoms. The van der Waals surface area contributed by atoms with Crippen molar-refractivity contribution in [3.63, 3.8) is 0 Å². The number of carbonyl (C=O) groups excluding carboxylic acids is 2. The minimum absolute atomic E-state index is 0.0222. The predicted octanol–water partition coefficient (Wildman–Crippen LogP) is 2.36. The maximum absolute atomic E-state index is 11.6. The van der Waals surface area contributed by atoms with Gasteiger partial charge in [-0.3, -0.25) is 9.59 Å². The molecule has 0 spiro atoms. The van der Waals surface area contributed by atoms with Gasteiger partial charge in [-0.15, -0.1) is 0 Å². The maximum atomic E-state index is 11.6. The van der Waals surface area contributed by atoms with Crippen LogP contribution in [0.25, 0.3) is 0 Å². The molecule has 20 heavy (non-hydrogen) atoms. The molecule has 0 radical (unpaired) electrons. The van der Waals surface area contributed by atoms with Gasteiger partial charge in [-0.05, 0) is 24.6 Å². The lowest BCUT2D eigenvalue weighted by Gasteiger charge is -2.09.